The van der Waals surface area contributed by atoms with E-state index in [9.17, 15) is 8.42 Å². The van der Waals surface area contributed by atoms with Crippen molar-refractivity contribution in [3.8, 4) is 11.3 Å². The van der Waals surface area contributed by atoms with Gasteiger partial charge in [0.15, 0.2) is 0 Å². The fourth-order valence-electron chi connectivity index (χ4n) is 4.78. The molecule has 2 aliphatic rings. The van der Waals surface area contributed by atoms with Crippen molar-refractivity contribution in [1.29, 1.82) is 0 Å². The highest BCUT2D eigenvalue weighted by Crippen LogP contribution is 2.31. The number of hydrogen-bond donors (Lipinski definition) is 1. The predicted molar refractivity (Wildman–Crippen MR) is 130 cm³/mol. The van der Waals surface area contributed by atoms with Crippen molar-refractivity contribution in [2.24, 2.45) is 0 Å². The van der Waals surface area contributed by atoms with E-state index in [2.05, 4.69) is 62.4 Å². The summed E-state index contributed by atoms with van der Waals surface area (Å²) in [4.78, 5) is 16.1. The highest BCUT2D eigenvalue weighted by molar-refractivity contribution is 7.91. The third kappa shape index (κ3) is 4.77. The summed E-state index contributed by atoms with van der Waals surface area (Å²) in [6.07, 6.45) is 5.79. The van der Waals surface area contributed by atoms with Crippen molar-refractivity contribution < 1.29 is 8.42 Å². The third-order valence-electron chi connectivity index (χ3n) is 6.76. The smallest absolute Gasteiger partial charge is 0.150 e. The Hall–Kier alpha value is -2.84. The fourth-order valence-corrected chi connectivity index (χ4v) is 6.24. The highest BCUT2D eigenvalue weighted by Gasteiger charge is 2.31. The first kappa shape index (κ1) is 22.0. The first-order valence-electron chi connectivity index (χ1n) is 11.5. The van der Waals surface area contributed by atoms with E-state index in [4.69, 9.17) is 0 Å². The van der Waals surface area contributed by atoms with Gasteiger partial charge in [0, 0.05) is 42.1 Å². The molecule has 0 aliphatic carbocycles. The minimum Gasteiger partial charge on any atom is -0.340 e. The van der Waals surface area contributed by atoms with Gasteiger partial charge in [-0.3, -0.25) is 9.88 Å². The lowest BCUT2D eigenvalue weighted by Gasteiger charge is -2.37. The number of nitrogens with zero attached hydrogens (tertiary/aromatic N) is 4. The first-order chi connectivity index (χ1) is 15.9. The number of aromatic nitrogens is 3. The van der Waals surface area contributed by atoms with Crippen molar-refractivity contribution in [2.45, 2.75) is 45.7 Å². The van der Waals surface area contributed by atoms with Gasteiger partial charge in [0.1, 0.15) is 22.0 Å². The summed E-state index contributed by atoms with van der Waals surface area (Å²) in [5.41, 5.74) is 7.51. The van der Waals surface area contributed by atoms with Gasteiger partial charge in [-0.2, -0.15) is 0 Å². The Bertz CT molecular complexity index is 1260. The van der Waals surface area contributed by atoms with Crippen molar-refractivity contribution in [2.75, 3.05) is 23.4 Å². The molecule has 2 aliphatic heterocycles. The van der Waals surface area contributed by atoms with Crippen LogP contribution >= 0.6 is 0 Å². The lowest BCUT2D eigenvalue weighted by molar-refractivity contribution is 0.164. The molecule has 0 atom stereocenters. The second-order valence-corrected chi connectivity index (χ2v) is 11.4. The second kappa shape index (κ2) is 8.83. The van der Waals surface area contributed by atoms with Crippen LogP contribution in [0.2, 0.25) is 0 Å². The normalized spacial score (nSPS) is 18.6. The Labute approximate surface area is 195 Å². The topological polar surface area (TPSA) is 88.1 Å². The van der Waals surface area contributed by atoms with Crippen LogP contribution in [-0.4, -0.2) is 52.4 Å². The summed E-state index contributed by atoms with van der Waals surface area (Å²) in [6.45, 7) is 5.77. The van der Waals surface area contributed by atoms with Crippen LogP contribution in [0.4, 0.5) is 11.5 Å². The highest BCUT2D eigenvalue weighted by atomic mass is 32.2. The van der Waals surface area contributed by atoms with Gasteiger partial charge in [-0.1, -0.05) is 12.1 Å². The minimum atomic E-state index is -2.85. The zero-order chi connectivity index (χ0) is 23.0. The van der Waals surface area contributed by atoms with Crippen LogP contribution in [0.25, 0.3) is 11.3 Å². The van der Waals surface area contributed by atoms with E-state index in [1.54, 1.807) is 6.33 Å². The van der Waals surface area contributed by atoms with E-state index in [0.29, 0.717) is 30.4 Å². The van der Waals surface area contributed by atoms with Crippen LogP contribution < -0.4 is 5.32 Å². The molecule has 1 N–H and O–H groups in total. The van der Waals surface area contributed by atoms with Gasteiger partial charge in [-0.25, -0.2) is 18.4 Å². The zero-order valence-electron chi connectivity index (χ0n) is 19.1. The molecule has 0 spiro atoms. The molecule has 2 aromatic heterocycles. The SMILES string of the molecule is Cc1ccc(-c2cc(Nc3ncnc4c3CCN(C3CCS(=O)(=O)CC3)C4)ccc2C)nc1. The molecule has 0 unspecified atom stereocenters. The van der Waals surface area contributed by atoms with E-state index in [0.717, 1.165) is 59.1 Å². The summed E-state index contributed by atoms with van der Waals surface area (Å²) in [7, 11) is -2.85. The number of sulfone groups is 1. The summed E-state index contributed by atoms with van der Waals surface area (Å²) in [5, 5.41) is 3.51. The van der Waals surface area contributed by atoms with E-state index in [1.807, 2.05) is 13.1 Å². The number of hydrogen-bond acceptors (Lipinski definition) is 7. The number of nitrogens with one attached hydrogen (secondary N) is 1. The van der Waals surface area contributed by atoms with Gasteiger partial charge in [0.25, 0.3) is 0 Å². The number of benzene rings is 1. The molecular weight excluding hydrogens is 434 g/mol. The largest absolute Gasteiger partial charge is 0.340 e. The molecule has 0 amide bonds. The van der Waals surface area contributed by atoms with Crippen LogP contribution in [0.15, 0.2) is 42.9 Å². The van der Waals surface area contributed by atoms with Crippen molar-refractivity contribution in [1.82, 2.24) is 19.9 Å². The molecule has 3 aromatic rings. The standard InChI is InChI=1S/C25H29N5O2S/c1-17-3-6-23(26-14-17)22-13-19(5-4-18(22)2)29-25-21-7-10-30(15-24(21)27-16-28-25)20-8-11-33(31,32)12-9-20/h3-6,13-14,16,20H,7-12,15H2,1-2H3,(H,27,28,29). The van der Waals surface area contributed by atoms with E-state index < -0.39 is 9.84 Å². The molecule has 0 bridgehead atoms. The maximum Gasteiger partial charge on any atom is 0.150 e. The minimum absolute atomic E-state index is 0.295. The third-order valence-corrected chi connectivity index (χ3v) is 8.48. The van der Waals surface area contributed by atoms with E-state index in [-0.39, 0.29) is 0 Å². The maximum atomic E-state index is 11.8. The molecule has 0 saturated carbocycles. The van der Waals surface area contributed by atoms with Crippen LogP contribution in [0.3, 0.4) is 0 Å². The number of aryl methyl sites for hydroxylation is 2. The number of anilines is 2. The van der Waals surface area contributed by atoms with Gasteiger partial charge in [-0.05, 0) is 62.4 Å². The molecule has 5 rings (SSSR count). The molecule has 1 fully saturated rings. The van der Waals surface area contributed by atoms with Crippen LogP contribution in [0.1, 0.15) is 35.2 Å². The lowest BCUT2D eigenvalue weighted by Crippen LogP contribution is -2.44. The number of pyridine rings is 1. The molecule has 1 aromatic carbocycles. The summed E-state index contributed by atoms with van der Waals surface area (Å²) < 4.78 is 23.6. The first-order valence-corrected chi connectivity index (χ1v) is 13.3. The molecule has 4 heterocycles. The average Bonchev–Trinajstić information content (AvgIpc) is 2.81. The Morgan fingerprint density at radius 1 is 1.03 bits per heavy atom. The molecule has 0 radical (unpaired) electrons. The summed E-state index contributed by atoms with van der Waals surface area (Å²) in [5.74, 6) is 1.43. The Morgan fingerprint density at radius 2 is 1.85 bits per heavy atom. The zero-order valence-corrected chi connectivity index (χ0v) is 19.9. The molecular formula is C25H29N5O2S. The van der Waals surface area contributed by atoms with Gasteiger partial charge in [-0.15, -0.1) is 0 Å². The van der Waals surface area contributed by atoms with Crippen LogP contribution in [0.5, 0.6) is 0 Å². The number of rotatable bonds is 4. The maximum absolute atomic E-state index is 11.8. The van der Waals surface area contributed by atoms with Gasteiger partial charge < -0.3 is 5.32 Å². The fraction of sp³-hybridized carbons (Fsp3) is 0.400. The average molecular weight is 464 g/mol. The number of fused-ring (bicyclic) bond motifs is 1. The van der Waals surface area contributed by atoms with Gasteiger partial charge in [0.05, 0.1) is 22.9 Å². The van der Waals surface area contributed by atoms with Crippen molar-refractivity contribution >= 4 is 21.3 Å². The lowest BCUT2D eigenvalue weighted by atomic mass is 10.0. The molecule has 172 valence electrons. The Balaban J connectivity index is 1.35. The molecule has 33 heavy (non-hydrogen) atoms. The van der Waals surface area contributed by atoms with Crippen molar-refractivity contribution in [3.63, 3.8) is 0 Å². The summed E-state index contributed by atoms with van der Waals surface area (Å²) in [6, 6.07) is 10.7. The monoisotopic (exact) mass is 463 g/mol. The van der Waals surface area contributed by atoms with E-state index >= 15 is 0 Å². The second-order valence-electron chi connectivity index (χ2n) is 9.13. The van der Waals surface area contributed by atoms with Gasteiger partial charge >= 0.3 is 0 Å². The van der Waals surface area contributed by atoms with Crippen molar-refractivity contribution in [3.05, 3.63) is 65.2 Å². The Kier molecular flexibility index (Phi) is 5.88. The predicted octanol–water partition coefficient (Wildman–Crippen LogP) is 3.83. The van der Waals surface area contributed by atoms with Crippen LogP contribution in [0, 0.1) is 13.8 Å². The van der Waals surface area contributed by atoms with Gasteiger partial charge in [0.2, 0.25) is 0 Å². The Morgan fingerprint density at radius 3 is 2.61 bits per heavy atom. The molecule has 8 heteroatoms. The molecule has 1 saturated heterocycles. The van der Waals surface area contributed by atoms with E-state index in [1.165, 1.54) is 5.56 Å². The molecule has 7 nitrogen and oxygen atoms in total. The quantitative estimate of drug-likeness (QED) is 0.629. The summed E-state index contributed by atoms with van der Waals surface area (Å²) >= 11 is 0. The van der Waals surface area contributed by atoms with Crippen LogP contribution in [-0.2, 0) is 22.8 Å².